The Balaban J connectivity index is 1.83. The van der Waals surface area contributed by atoms with Crippen LogP contribution in [0.4, 0.5) is 5.69 Å². The number of methoxy groups -OCH3 is 2. The highest BCUT2D eigenvalue weighted by Crippen LogP contribution is 2.26. The van der Waals surface area contributed by atoms with Gasteiger partial charge in [-0.15, -0.1) is 11.8 Å². The molecule has 0 unspecified atom stereocenters. The van der Waals surface area contributed by atoms with Gasteiger partial charge in [-0.25, -0.2) is 13.8 Å². The first-order chi connectivity index (χ1) is 16.8. The first-order valence-electron chi connectivity index (χ1n) is 10.6. The van der Waals surface area contributed by atoms with E-state index in [1.165, 1.54) is 37.2 Å². The molecule has 3 aromatic rings. The molecular formula is C25H27N3O5S2. The average Bonchev–Trinajstić information content (AvgIpc) is 2.88. The number of nitrogens with zero attached hydrogens (tertiary/aromatic N) is 2. The van der Waals surface area contributed by atoms with Gasteiger partial charge < -0.3 is 9.47 Å². The number of nitrogens with one attached hydrogen (secondary N) is 1. The van der Waals surface area contributed by atoms with Gasteiger partial charge in [0, 0.05) is 16.5 Å². The summed E-state index contributed by atoms with van der Waals surface area (Å²) in [4.78, 5) is 13.8. The van der Waals surface area contributed by atoms with E-state index >= 15 is 0 Å². The fourth-order valence-corrected chi connectivity index (χ4v) is 4.99. The molecule has 0 radical (unpaired) electrons. The number of hydrogen-bond acceptors (Lipinski definition) is 7. The lowest BCUT2D eigenvalue weighted by Crippen LogP contribution is -2.39. The smallest absolute Gasteiger partial charge is 0.264 e. The summed E-state index contributed by atoms with van der Waals surface area (Å²) >= 11 is 1.51. The molecule has 0 fully saturated rings. The second-order valence-corrected chi connectivity index (χ2v) is 10.2. The topological polar surface area (TPSA) is 97.3 Å². The number of benzene rings is 3. The van der Waals surface area contributed by atoms with Crippen molar-refractivity contribution in [3.05, 3.63) is 77.9 Å². The molecule has 0 spiro atoms. The van der Waals surface area contributed by atoms with Crippen LogP contribution in [0.5, 0.6) is 11.5 Å². The van der Waals surface area contributed by atoms with Crippen LogP contribution in [0.1, 0.15) is 11.1 Å². The second kappa shape index (κ2) is 11.8. The number of anilines is 1. The lowest BCUT2D eigenvalue weighted by atomic mass is 10.2. The number of hydrogen-bond donors (Lipinski definition) is 1. The van der Waals surface area contributed by atoms with E-state index < -0.39 is 22.5 Å². The number of thioether (sulfide) groups is 1. The van der Waals surface area contributed by atoms with Crippen molar-refractivity contribution < 1.29 is 22.7 Å². The maximum Gasteiger partial charge on any atom is 0.264 e. The molecule has 1 N–H and O–H groups in total. The Kier molecular flexibility index (Phi) is 8.78. The van der Waals surface area contributed by atoms with E-state index in [0.717, 1.165) is 14.8 Å². The van der Waals surface area contributed by atoms with Gasteiger partial charge in [0.25, 0.3) is 15.9 Å². The van der Waals surface area contributed by atoms with Gasteiger partial charge >= 0.3 is 0 Å². The van der Waals surface area contributed by atoms with E-state index in [1.54, 1.807) is 61.7 Å². The molecule has 0 bridgehead atoms. The monoisotopic (exact) mass is 513 g/mol. The number of hydrazone groups is 1. The zero-order valence-corrected chi connectivity index (χ0v) is 21.5. The van der Waals surface area contributed by atoms with Gasteiger partial charge in [-0.1, -0.05) is 17.7 Å². The Bertz CT molecular complexity index is 1290. The third-order valence-corrected chi connectivity index (χ3v) is 7.62. The van der Waals surface area contributed by atoms with Crippen molar-refractivity contribution in [3.63, 3.8) is 0 Å². The van der Waals surface area contributed by atoms with Crippen molar-refractivity contribution in [1.29, 1.82) is 0 Å². The summed E-state index contributed by atoms with van der Waals surface area (Å²) < 4.78 is 38.5. The van der Waals surface area contributed by atoms with Gasteiger partial charge in [0.1, 0.15) is 18.0 Å². The summed E-state index contributed by atoms with van der Waals surface area (Å²) in [6.45, 7) is 1.45. The van der Waals surface area contributed by atoms with Crippen molar-refractivity contribution in [3.8, 4) is 11.5 Å². The minimum Gasteiger partial charge on any atom is -0.497 e. The first kappa shape index (κ1) is 26.1. The molecule has 0 heterocycles. The van der Waals surface area contributed by atoms with Gasteiger partial charge in [-0.3, -0.25) is 9.10 Å². The minimum atomic E-state index is -4.01. The third-order valence-electron chi connectivity index (χ3n) is 5.09. The molecule has 0 aliphatic rings. The molecule has 0 saturated heterocycles. The number of aryl methyl sites for hydroxylation is 1. The average molecular weight is 514 g/mol. The van der Waals surface area contributed by atoms with Crippen LogP contribution in [0.15, 0.2) is 81.6 Å². The second-order valence-electron chi connectivity index (χ2n) is 7.42. The van der Waals surface area contributed by atoms with Crippen LogP contribution >= 0.6 is 11.8 Å². The molecule has 8 nitrogen and oxygen atoms in total. The summed E-state index contributed by atoms with van der Waals surface area (Å²) in [5, 5.41) is 3.97. The van der Waals surface area contributed by atoms with Crippen LogP contribution in [-0.2, 0) is 14.8 Å². The summed E-state index contributed by atoms with van der Waals surface area (Å²) in [6, 6.07) is 18.6. The quantitative estimate of drug-likeness (QED) is 0.249. The van der Waals surface area contributed by atoms with Crippen molar-refractivity contribution >= 4 is 39.6 Å². The zero-order chi connectivity index (χ0) is 25.4. The number of sulfonamides is 1. The van der Waals surface area contributed by atoms with Gasteiger partial charge in [0.2, 0.25) is 0 Å². The number of rotatable bonds is 10. The van der Waals surface area contributed by atoms with E-state index in [0.29, 0.717) is 22.7 Å². The van der Waals surface area contributed by atoms with Gasteiger partial charge in [0.15, 0.2) is 0 Å². The fourth-order valence-electron chi connectivity index (χ4n) is 3.17. The Hall–Kier alpha value is -3.50. The Labute approximate surface area is 210 Å². The van der Waals surface area contributed by atoms with Crippen LogP contribution < -0.4 is 19.2 Å². The van der Waals surface area contributed by atoms with E-state index in [4.69, 9.17) is 9.47 Å². The van der Waals surface area contributed by atoms with Crippen molar-refractivity contribution in [2.45, 2.75) is 16.7 Å². The van der Waals surface area contributed by atoms with Crippen molar-refractivity contribution in [2.24, 2.45) is 5.10 Å². The lowest BCUT2D eigenvalue weighted by molar-refractivity contribution is -0.119. The lowest BCUT2D eigenvalue weighted by Gasteiger charge is -2.24. The van der Waals surface area contributed by atoms with Gasteiger partial charge in [-0.2, -0.15) is 5.10 Å². The molecular weight excluding hydrogens is 486 g/mol. The Morgan fingerprint density at radius 3 is 2.31 bits per heavy atom. The zero-order valence-electron chi connectivity index (χ0n) is 19.9. The molecule has 0 aromatic heterocycles. The third kappa shape index (κ3) is 6.55. The van der Waals surface area contributed by atoms with Crippen LogP contribution in [0, 0.1) is 6.92 Å². The van der Waals surface area contributed by atoms with Gasteiger partial charge in [0.05, 0.1) is 31.0 Å². The summed E-state index contributed by atoms with van der Waals surface area (Å²) in [5.74, 6) is 0.533. The predicted molar refractivity (Wildman–Crippen MR) is 139 cm³/mol. The van der Waals surface area contributed by atoms with Gasteiger partial charge in [-0.05, 0) is 61.7 Å². The van der Waals surface area contributed by atoms with Crippen molar-refractivity contribution in [2.75, 3.05) is 31.3 Å². The van der Waals surface area contributed by atoms with Crippen LogP contribution in [-0.4, -0.2) is 47.6 Å². The number of amides is 1. The normalized spacial score (nSPS) is 11.3. The first-order valence-corrected chi connectivity index (χ1v) is 13.2. The van der Waals surface area contributed by atoms with E-state index in [1.807, 2.05) is 13.2 Å². The minimum absolute atomic E-state index is 0.0927. The number of carbonyl (C=O) groups excluding carboxylic acids is 1. The maximum atomic E-state index is 13.5. The molecule has 10 heteroatoms. The SMILES string of the molecule is COc1ccc(/C=N\NC(=O)CN(c2ccc(C)cc2)S(=O)(=O)c2ccc(SC)cc2)c(OC)c1. The highest BCUT2D eigenvalue weighted by atomic mass is 32.2. The molecule has 1 amide bonds. The molecule has 35 heavy (non-hydrogen) atoms. The van der Waals surface area contributed by atoms with E-state index in [-0.39, 0.29) is 4.90 Å². The molecule has 0 saturated carbocycles. The maximum absolute atomic E-state index is 13.5. The summed E-state index contributed by atoms with van der Waals surface area (Å²) in [6.07, 6.45) is 3.33. The van der Waals surface area contributed by atoms with E-state index in [2.05, 4.69) is 10.5 Å². The molecule has 3 rings (SSSR count). The predicted octanol–water partition coefficient (Wildman–Crippen LogP) is 4.08. The standard InChI is InChI=1S/C25H27N3O5S2/c1-18-5-8-20(9-6-18)28(35(30,31)23-13-11-22(34-4)12-14-23)17-25(29)27-26-16-19-7-10-21(32-2)15-24(19)33-3/h5-16H,17H2,1-4H3,(H,27,29)/b26-16-. The van der Waals surface area contributed by atoms with Crippen molar-refractivity contribution in [1.82, 2.24) is 5.43 Å². The summed E-state index contributed by atoms with van der Waals surface area (Å²) in [5.41, 5.74) is 4.36. The highest BCUT2D eigenvalue weighted by molar-refractivity contribution is 7.98. The summed E-state index contributed by atoms with van der Waals surface area (Å²) in [7, 11) is -0.941. The largest absolute Gasteiger partial charge is 0.497 e. The van der Waals surface area contributed by atoms with Crippen LogP contribution in [0.25, 0.3) is 0 Å². The Morgan fingerprint density at radius 1 is 1.03 bits per heavy atom. The molecule has 3 aromatic carbocycles. The fraction of sp³-hybridized carbons (Fsp3) is 0.200. The molecule has 0 aliphatic carbocycles. The van der Waals surface area contributed by atoms with E-state index in [9.17, 15) is 13.2 Å². The molecule has 184 valence electrons. The molecule has 0 atom stereocenters. The highest BCUT2D eigenvalue weighted by Gasteiger charge is 2.27. The number of carbonyl (C=O) groups is 1. The van der Waals surface area contributed by atoms with Crippen LogP contribution in [0.3, 0.4) is 0 Å². The number of ether oxygens (including phenoxy) is 2. The van der Waals surface area contributed by atoms with Crippen LogP contribution in [0.2, 0.25) is 0 Å². The molecule has 0 aliphatic heterocycles. The Morgan fingerprint density at radius 2 is 1.71 bits per heavy atom.